The lowest BCUT2D eigenvalue weighted by Gasteiger charge is -2.60. The van der Waals surface area contributed by atoms with E-state index in [0.717, 1.165) is 12.8 Å². The maximum absolute atomic E-state index is 11.7. The Morgan fingerprint density at radius 2 is 1.77 bits per heavy atom. The van der Waals surface area contributed by atoms with Crippen molar-refractivity contribution in [3.63, 3.8) is 0 Å². The minimum Gasteiger partial charge on any atom is -0.465 e. The molecule has 3 heteroatoms. The molecule has 0 unspecified atom stereocenters. The maximum atomic E-state index is 11.7. The smallest absolute Gasteiger partial charge is 0.306 e. The zero-order chi connectivity index (χ0) is 15.8. The first-order valence-corrected chi connectivity index (χ1v) is 9.16. The Labute approximate surface area is 133 Å². The summed E-state index contributed by atoms with van der Waals surface area (Å²) in [7, 11) is 0. The van der Waals surface area contributed by atoms with Crippen molar-refractivity contribution in [1.29, 1.82) is 0 Å². The van der Waals surface area contributed by atoms with Crippen LogP contribution in [-0.2, 0) is 9.53 Å². The average molecular weight is 306 g/mol. The number of hydrogen-bond donors (Lipinski definition) is 1. The number of hydrogen-bond acceptors (Lipinski definition) is 3. The normalized spacial score (nSPS) is 57.5. The third-order valence-corrected chi connectivity index (χ3v) is 8.58. The molecule has 4 aliphatic rings. The molecule has 3 aliphatic carbocycles. The van der Waals surface area contributed by atoms with Crippen molar-refractivity contribution in [3.05, 3.63) is 0 Å². The van der Waals surface area contributed by atoms with Crippen LogP contribution in [-0.4, -0.2) is 23.3 Å². The maximum Gasteiger partial charge on any atom is 0.306 e. The van der Waals surface area contributed by atoms with Gasteiger partial charge in [0.25, 0.3) is 0 Å². The Morgan fingerprint density at radius 3 is 2.55 bits per heavy atom. The van der Waals surface area contributed by atoms with Gasteiger partial charge in [0.15, 0.2) is 0 Å². The van der Waals surface area contributed by atoms with Crippen LogP contribution >= 0.6 is 0 Å². The van der Waals surface area contributed by atoms with Crippen molar-refractivity contribution in [2.45, 2.75) is 71.3 Å². The van der Waals surface area contributed by atoms with E-state index in [2.05, 4.69) is 20.8 Å². The van der Waals surface area contributed by atoms with Crippen molar-refractivity contribution in [2.24, 2.45) is 34.5 Å². The van der Waals surface area contributed by atoms with Gasteiger partial charge in [-0.3, -0.25) is 4.79 Å². The van der Waals surface area contributed by atoms with Gasteiger partial charge in [-0.05, 0) is 74.5 Å². The molecule has 0 spiro atoms. The van der Waals surface area contributed by atoms with Crippen LogP contribution in [0, 0.1) is 34.5 Å². The number of esters is 1. The summed E-state index contributed by atoms with van der Waals surface area (Å²) in [6.07, 6.45) is 7.48. The van der Waals surface area contributed by atoms with Crippen LogP contribution in [0.15, 0.2) is 0 Å². The zero-order valence-electron chi connectivity index (χ0n) is 14.2. The van der Waals surface area contributed by atoms with E-state index in [1.807, 2.05) is 0 Å². The van der Waals surface area contributed by atoms with Gasteiger partial charge in [-0.1, -0.05) is 13.8 Å². The topological polar surface area (TPSA) is 46.5 Å². The van der Waals surface area contributed by atoms with E-state index in [1.54, 1.807) is 0 Å². The molecule has 0 bridgehead atoms. The summed E-state index contributed by atoms with van der Waals surface area (Å²) < 4.78 is 5.49. The Hall–Kier alpha value is -0.570. The fraction of sp³-hybridized carbons (Fsp3) is 0.947. The number of carbonyl (C=O) groups excluding carboxylic acids is 1. The highest BCUT2D eigenvalue weighted by molar-refractivity contribution is 5.70. The van der Waals surface area contributed by atoms with E-state index in [9.17, 15) is 9.90 Å². The number of fused-ring (bicyclic) bond motifs is 5. The van der Waals surface area contributed by atoms with E-state index in [1.165, 1.54) is 25.7 Å². The van der Waals surface area contributed by atoms with Crippen LogP contribution < -0.4 is 0 Å². The molecule has 0 radical (unpaired) electrons. The molecule has 0 aromatic carbocycles. The molecule has 7 atom stereocenters. The summed E-state index contributed by atoms with van der Waals surface area (Å²) in [4.78, 5) is 11.7. The van der Waals surface area contributed by atoms with Gasteiger partial charge >= 0.3 is 5.97 Å². The molecule has 22 heavy (non-hydrogen) atoms. The van der Waals surface area contributed by atoms with Gasteiger partial charge < -0.3 is 9.84 Å². The highest BCUT2D eigenvalue weighted by atomic mass is 16.5. The first-order valence-electron chi connectivity index (χ1n) is 9.16. The highest BCUT2D eigenvalue weighted by Crippen LogP contribution is 2.67. The fourth-order valence-corrected chi connectivity index (χ4v) is 6.83. The van der Waals surface area contributed by atoms with Gasteiger partial charge in [-0.2, -0.15) is 0 Å². The van der Waals surface area contributed by atoms with Crippen LogP contribution in [0.5, 0.6) is 0 Å². The van der Waals surface area contributed by atoms with Gasteiger partial charge in [0.1, 0.15) is 0 Å². The van der Waals surface area contributed by atoms with E-state index < -0.39 is 5.60 Å². The minimum absolute atomic E-state index is 0.00497. The first kappa shape index (κ1) is 15.0. The molecule has 0 aromatic rings. The van der Waals surface area contributed by atoms with Crippen LogP contribution in [0.1, 0.15) is 65.7 Å². The second-order valence-electron chi connectivity index (χ2n) is 9.29. The van der Waals surface area contributed by atoms with Crippen molar-refractivity contribution in [1.82, 2.24) is 0 Å². The second-order valence-corrected chi connectivity index (χ2v) is 9.29. The summed E-state index contributed by atoms with van der Waals surface area (Å²) in [5.41, 5.74) is -0.241. The molecule has 4 fully saturated rings. The molecule has 1 N–H and O–H groups in total. The number of aliphatic hydroxyl groups is 1. The van der Waals surface area contributed by atoms with Crippen LogP contribution in [0.25, 0.3) is 0 Å². The van der Waals surface area contributed by atoms with E-state index in [4.69, 9.17) is 4.74 Å². The highest BCUT2D eigenvalue weighted by Gasteiger charge is 2.63. The summed E-state index contributed by atoms with van der Waals surface area (Å²) >= 11 is 0. The number of ether oxygens (including phenoxy) is 1. The van der Waals surface area contributed by atoms with Crippen LogP contribution in [0.3, 0.4) is 0 Å². The molecule has 4 rings (SSSR count). The molecule has 1 aliphatic heterocycles. The predicted octanol–water partition coefficient (Wildman–Crippen LogP) is 3.54. The standard InChI is InChI=1S/C19H30O3/c1-17-11-22-16(20)10-12(17)4-5-13-14(17)6-8-18(2)15(13)7-9-19(18,3)21/h12-15,21H,4-11H2,1-3H3/t12-,13+,14-,15+,17-,18+,19-/m0/s1. The lowest BCUT2D eigenvalue weighted by atomic mass is 9.46. The first-order chi connectivity index (χ1) is 10.3. The SMILES string of the molecule is C[C@]12COC(=O)C[C@@H]1CC[C@H]1[C@H]3CC[C@](C)(O)[C@]3(C)CC[C@@H]12. The predicted molar refractivity (Wildman–Crippen MR) is 84.1 cm³/mol. The molecule has 3 saturated carbocycles. The third-order valence-electron chi connectivity index (χ3n) is 8.58. The summed E-state index contributed by atoms with van der Waals surface area (Å²) in [5, 5.41) is 10.9. The Kier molecular flexibility index (Phi) is 3.06. The summed E-state index contributed by atoms with van der Waals surface area (Å²) in [6.45, 7) is 7.38. The molecule has 3 nitrogen and oxygen atoms in total. The lowest BCUT2D eigenvalue weighted by Crippen LogP contribution is -2.57. The number of cyclic esters (lactones) is 1. The van der Waals surface area contributed by atoms with Crippen molar-refractivity contribution in [2.75, 3.05) is 6.61 Å². The van der Waals surface area contributed by atoms with Crippen molar-refractivity contribution >= 4 is 5.97 Å². The van der Waals surface area contributed by atoms with E-state index in [0.29, 0.717) is 36.7 Å². The minimum atomic E-state index is -0.501. The molecule has 124 valence electrons. The van der Waals surface area contributed by atoms with Gasteiger partial charge in [0, 0.05) is 11.8 Å². The molecule has 0 aromatic heterocycles. The van der Waals surface area contributed by atoms with E-state index in [-0.39, 0.29) is 16.8 Å². The van der Waals surface area contributed by atoms with E-state index >= 15 is 0 Å². The van der Waals surface area contributed by atoms with Gasteiger partial charge in [-0.15, -0.1) is 0 Å². The average Bonchev–Trinajstić information content (AvgIpc) is 2.70. The quantitative estimate of drug-likeness (QED) is 0.696. The van der Waals surface area contributed by atoms with Gasteiger partial charge in [-0.25, -0.2) is 0 Å². The third kappa shape index (κ3) is 1.75. The lowest BCUT2D eigenvalue weighted by molar-refractivity contribution is -0.186. The molecular formula is C19H30O3. The Morgan fingerprint density at radius 1 is 1.05 bits per heavy atom. The Balaban J connectivity index is 1.65. The fourth-order valence-electron chi connectivity index (χ4n) is 6.83. The van der Waals surface area contributed by atoms with Crippen molar-refractivity contribution in [3.8, 4) is 0 Å². The van der Waals surface area contributed by atoms with Gasteiger partial charge in [0.2, 0.25) is 0 Å². The van der Waals surface area contributed by atoms with Crippen molar-refractivity contribution < 1.29 is 14.6 Å². The molecule has 0 amide bonds. The van der Waals surface area contributed by atoms with Gasteiger partial charge in [0.05, 0.1) is 12.2 Å². The zero-order valence-corrected chi connectivity index (χ0v) is 14.2. The summed E-state index contributed by atoms with van der Waals surface area (Å²) in [5.74, 6) is 2.56. The summed E-state index contributed by atoms with van der Waals surface area (Å²) in [6, 6.07) is 0. The van der Waals surface area contributed by atoms with Crippen LogP contribution in [0.4, 0.5) is 0 Å². The monoisotopic (exact) mass is 306 g/mol. The Bertz CT molecular complexity index is 499. The number of rotatable bonds is 0. The van der Waals surface area contributed by atoms with Crippen LogP contribution in [0.2, 0.25) is 0 Å². The second kappa shape index (κ2) is 4.49. The largest absolute Gasteiger partial charge is 0.465 e. The molecule has 1 saturated heterocycles. The number of carbonyl (C=O) groups is 1. The molecule has 1 heterocycles. The molecular weight excluding hydrogens is 276 g/mol.